The molecule has 0 bridgehead atoms. The lowest BCUT2D eigenvalue weighted by atomic mass is 10.2. The number of nitrogens with zero attached hydrogens (tertiary/aromatic N) is 2. The number of hydrogen-bond acceptors (Lipinski definition) is 4. The van der Waals surface area contributed by atoms with Crippen LogP contribution in [0.2, 0.25) is 0 Å². The number of anilines is 1. The van der Waals surface area contributed by atoms with Crippen LogP contribution in [0.1, 0.15) is 10.5 Å². The summed E-state index contributed by atoms with van der Waals surface area (Å²) in [5.41, 5.74) is 2.13. The second-order valence-electron chi connectivity index (χ2n) is 4.25. The van der Waals surface area contributed by atoms with Gasteiger partial charge in [0, 0.05) is 11.8 Å². The molecule has 0 spiro atoms. The van der Waals surface area contributed by atoms with Crippen LogP contribution in [0, 0.1) is 0 Å². The summed E-state index contributed by atoms with van der Waals surface area (Å²) in [5, 5.41) is 12.0. The molecular weight excluding hydrogens is 254 g/mol. The van der Waals surface area contributed by atoms with Crippen LogP contribution in [-0.4, -0.2) is 21.0 Å². The number of para-hydroxylation sites is 2. The predicted molar refractivity (Wildman–Crippen MR) is 75.6 cm³/mol. The van der Waals surface area contributed by atoms with Gasteiger partial charge in [-0.15, -0.1) is 0 Å². The standard InChI is InChI=1S/C15H11N3O2/c19-11-5-3-4-10(8-11)17-15(20)14-9-16-12-6-1-2-7-13(12)18-14/h1-9,19H,(H,17,20). The molecule has 3 aromatic rings. The van der Waals surface area contributed by atoms with Crippen LogP contribution >= 0.6 is 0 Å². The number of rotatable bonds is 2. The number of phenolic OH excluding ortho intramolecular Hbond substituents is 1. The van der Waals surface area contributed by atoms with Gasteiger partial charge in [-0.2, -0.15) is 0 Å². The Morgan fingerprint density at radius 2 is 1.85 bits per heavy atom. The fraction of sp³-hybridized carbons (Fsp3) is 0. The fourth-order valence-electron chi connectivity index (χ4n) is 1.85. The third kappa shape index (κ3) is 2.42. The zero-order chi connectivity index (χ0) is 13.9. The molecule has 3 rings (SSSR count). The lowest BCUT2D eigenvalue weighted by Crippen LogP contribution is -2.14. The molecule has 2 N–H and O–H groups in total. The van der Waals surface area contributed by atoms with E-state index in [4.69, 9.17) is 0 Å². The van der Waals surface area contributed by atoms with Gasteiger partial charge in [0.1, 0.15) is 11.4 Å². The third-order valence-electron chi connectivity index (χ3n) is 2.79. The number of aromatic nitrogens is 2. The Morgan fingerprint density at radius 3 is 2.65 bits per heavy atom. The van der Waals surface area contributed by atoms with Gasteiger partial charge in [0.2, 0.25) is 0 Å². The summed E-state index contributed by atoms with van der Waals surface area (Å²) in [6.45, 7) is 0. The van der Waals surface area contributed by atoms with E-state index in [1.54, 1.807) is 18.2 Å². The van der Waals surface area contributed by atoms with Crippen LogP contribution in [0.25, 0.3) is 11.0 Å². The van der Waals surface area contributed by atoms with Crippen molar-refractivity contribution in [1.82, 2.24) is 9.97 Å². The Balaban J connectivity index is 1.88. The molecule has 0 saturated heterocycles. The molecule has 20 heavy (non-hydrogen) atoms. The van der Waals surface area contributed by atoms with Gasteiger partial charge in [0.25, 0.3) is 5.91 Å². The third-order valence-corrected chi connectivity index (χ3v) is 2.79. The molecular formula is C15H11N3O2. The quantitative estimate of drug-likeness (QED) is 0.746. The molecule has 1 heterocycles. The first-order chi connectivity index (χ1) is 9.72. The Hall–Kier alpha value is -2.95. The molecule has 98 valence electrons. The van der Waals surface area contributed by atoms with Crippen LogP contribution in [0.4, 0.5) is 5.69 Å². The molecule has 0 unspecified atom stereocenters. The minimum atomic E-state index is -0.367. The van der Waals surface area contributed by atoms with E-state index in [0.29, 0.717) is 11.2 Å². The van der Waals surface area contributed by atoms with Crippen LogP contribution < -0.4 is 5.32 Å². The maximum atomic E-state index is 12.1. The highest BCUT2D eigenvalue weighted by Gasteiger charge is 2.09. The zero-order valence-electron chi connectivity index (χ0n) is 10.4. The van der Waals surface area contributed by atoms with Gasteiger partial charge in [-0.25, -0.2) is 4.98 Å². The molecule has 0 saturated carbocycles. The number of fused-ring (bicyclic) bond motifs is 1. The number of amides is 1. The van der Waals surface area contributed by atoms with E-state index in [-0.39, 0.29) is 17.4 Å². The van der Waals surface area contributed by atoms with Gasteiger partial charge in [0.15, 0.2) is 0 Å². The second kappa shape index (κ2) is 4.97. The van der Waals surface area contributed by atoms with Crippen molar-refractivity contribution in [2.45, 2.75) is 0 Å². The first-order valence-corrected chi connectivity index (χ1v) is 6.04. The highest BCUT2D eigenvalue weighted by molar-refractivity contribution is 6.03. The van der Waals surface area contributed by atoms with Crippen molar-refractivity contribution in [3.05, 3.63) is 60.4 Å². The lowest BCUT2D eigenvalue weighted by molar-refractivity contribution is 0.102. The molecule has 2 aromatic carbocycles. The zero-order valence-corrected chi connectivity index (χ0v) is 10.4. The molecule has 1 amide bonds. The van der Waals surface area contributed by atoms with Crippen molar-refractivity contribution >= 4 is 22.6 Å². The summed E-state index contributed by atoms with van der Waals surface area (Å²) in [4.78, 5) is 20.5. The molecule has 1 aromatic heterocycles. The van der Waals surface area contributed by atoms with E-state index < -0.39 is 0 Å². The second-order valence-corrected chi connectivity index (χ2v) is 4.25. The molecule has 5 nitrogen and oxygen atoms in total. The number of carbonyl (C=O) groups excluding carboxylic acids is 1. The Kier molecular flexibility index (Phi) is 3.01. The normalized spacial score (nSPS) is 10.4. The largest absolute Gasteiger partial charge is 0.508 e. The topological polar surface area (TPSA) is 75.1 Å². The smallest absolute Gasteiger partial charge is 0.275 e. The highest BCUT2D eigenvalue weighted by atomic mass is 16.3. The van der Waals surface area contributed by atoms with Gasteiger partial charge in [-0.3, -0.25) is 9.78 Å². The van der Waals surface area contributed by atoms with E-state index in [2.05, 4.69) is 15.3 Å². The number of benzene rings is 2. The van der Waals surface area contributed by atoms with Crippen LogP contribution in [0.3, 0.4) is 0 Å². The van der Waals surface area contributed by atoms with Crippen LogP contribution in [0.5, 0.6) is 5.75 Å². The van der Waals surface area contributed by atoms with Crippen molar-refractivity contribution in [1.29, 1.82) is 0 Å². The van der Waals surface area contributed by atoms with Gasteiger partial charge in [0.05, 0.1) is 17.2 Å². The minimum Gasteiger partial charge on any atom is -0.508 e. The Labute approximate surface area is 114 Å². The number of hydrogen-bond donors (Lipinski definition) is 2. The maximum Gasteiger partial charge on any atom is 0.275 e. The molecule has 0 atom stereocenters. The Morgan fingerprint density at radius 1 is 1.05 bits per heavy atom. The van der Waals surface area contributed by atoms with E-state index >= 15 is 0 Å². The first kappa shape index (κ1) is 12.1. The summed E-state index contributed by atoms with van der Waals surface area (Å²) >= 11 is 0. The van der Waals surface area contributed by atoms with Gasteiger partial charge < -0.3 is 10.4 Å². The van der Waals surface area contributed by atoms with Crippen molar-refractivity contribution in [2.24, 2.45) is 0 Å². The van der Waals surface area contributed by atoms with E-state index in [1.807, 2.05) is 18.2 Å². The first-order valence-electron chi connectivity index (χ1n) is 6.04. The average molecular weight is 265 g/mol. The number of nitrogens with one attached hydrogen (secondary N) is 1. The number of carbonyl (C=O) groups is 1. The molecule has 0 aliphatic heterocycles. The van der Waals surface area contributed by atoms with Crippen molar-refractivity contribution < 1.29 is 9.90 Å². The van der Waals surface area contributed by atoms with Gasteiger partial charge in [-0.05, 0) is 24.3 Å². The monoisotopic (exact) mass is 265 g/mol. The van der Waals surface area contributed by atoms with E-state index in [1.165, 1.54) is 18.3 Å². The van der Waals surface area contributed by atoms with Crippen molar-refractivity contribution in [3.63, 3.8) is 0 Å². The van der Waals surface area contributed by atoms with Crippen LogP contribution in [0.15, 0.2) is 54.7 Å². The summed E-state index contributed by atoms with van der Waals surface area (Å²) in [6.07, 6.45) is 1.43. The SMILES string of the molecule is O=C(Nc1cccc(O)c1)c1cnc2ccccc2n1. The maximum absolute atomic E-state index is 12.1. The summed E-state index contributed by atoms with van der Waals surface area (Å²) in [5.74, 6) is -0.277. The molecule has 5 heteroatoms. The molecule has 0 radical (unpaired) electrons. The fourth-order valence-corrected chi connectivity index (χ4v) is 1.85. The van der Waals surface area contributed by atoms with Gasteiger partial charge in [-0.1, -0.05) is 18.2 Å². The highest BCUT2D eigenvalue weighted by Crippen LogP contribution is 2.16. The van der Waals surface area contributed by atoms with E-state index in [9.17, 15) is 9.90 Å². The number of aromatic hydroxyl groups is 1. The molecule has 0 aliphatic carbocycles. The summed E-state index contributed by atoms with van der Waals surface area (Å²) in [7, 11) is 0. The predicted octanol–water partition coefficient (Wildman–Crippen LogP) is 2.59. The number of phenols is 1. The van der Waals surface area contributed by atoms with Crippen molar-refractivity contribution in [3.8, 4) is 5.75 Å². The van der Waals surface area contributed by atoms with Crippen LogP contribution in [-0.2, 0) is 0 Å². The average Bonchev–Trinajstić information content (AvgIpc) is 2.47. The van der Waals surface area contributed by atoms with Crippen molar-refractivity contribution in [2.75, 3.05) is 5.32 Å². The molecule has 0 aliphatic rings. The lowest BCUT2D eigenvalue weighted by Gasteiger charge is -2.05. The van der Waals surface area contributed by atoms with E-state index in [0.717, 1.165) is 5.52 Å². The molecule has 0 fully saturated rings. The van der Waals surface area contributed by atoms with Gasteiger partial charge >= 0.3 is 0 Å². The summed E-state index contributed by atoms with van der Waals surface area (Å²) < 4.78 is 0. The Bertz CT molecular complexity index is 787. The summed E-state index contributed by atoms with van der Waals surface area (Å²) in [6, 6.07) is 13.7. The minimum absolute atomic E-state index is 0.0902.